The molecule has 1 aliphatic rings. The molecule has 1 aliphatic heterocycles. The van der Waals surface area contributed by atoms with E-state index in [9.17, 15) is 4.79 Å². The Balaban J connectivity index is 0.00000187. The van der Waals surface area contributed by atoms with Crippen LogP contribution in [0.2, 0.25) is 0 Å². The molecule has 0 radical (unpaired) electrons. The number of rotatable bonds is 9. The lowest BCUT2D eigenvalue weighted by Crippen LogP contribution is -2.24. The van der Waals surface area contributed by atoms with E-state index in [0.29, 0.717) is 6.04 Å². The van der Waals surface area contributed by atoms with Gasteiger partial charge in [0.2, 0.25) is 0 Å². The second kappa shape index (κ2) is 13.2. The quantitative estimate of drug-likeness (QED) is 0.480. The van der Waals surface area contributed by atoms with Crippen LogP contribution in [0.4, 0.5) is 0 Å². The maximum absolute atomic E-state index is 12.5. The van der Waals surface area contributed by atoms with Crippen molar-refractivity contribution in [1.82, 2.24) is 15.5 Å². The number of hydrogen-bond donors (Lipinski definition) is 2. The molecule has 0 fully saturated rings. The number of nitrogens with one attached hydrogen (secondary N) is 2. The maximum atomic E-state index is 12.5. The first-order chi connectivity index (χ1) is 16.0. The van der Waals surface area contributed by atoms with Crippen LogP contribution < -0.4 is 10.6 Å². The van der Waals surface area contributed by atoms with Crippen LogP contribution >= 0.6 is 0 Å². The van der Waals surface area contributed by atoms with Crippen molar-refractivity contribution in [3.8, 4) is 11.1 Å². The largest absolute Gasteiger partial charge is 0.384 e. The molecule has 0 spiro atoms. The Labute approximate surface area is 201 Å². The number of benzene rings is 2. The summed E-state index contributed by atoms with van der Waals surface area (Å²) in [6.07, 6.45) is 7.35. The summed E-state index contributed by atoms with van der Waals surface area (Å²) in [6.45, 7) is 16.0. The van der Waals surface area contributed by atoms with E-state index in [1.807, 2.05) is 26.1 Å². The van der Waals surface area contributed by atoms with Crippen molar-refractivity contribution in [2.75, 3.05) is 26.7 Å². The third-order valence-electron chi connectivity index (χ3n) is 6.56. The fourth-order valence-electron chi connectivity index (χ4n) is 4.58. The molecule has 1 amide bonds. The Bertz CT molecular complexity index is 936. The van der Waals surface area contributed by atoms with Gasteiger partial charge in [0.05, 0.1) is 6.04 Å². The summed E-state index contributed by atoms with van der Waals surface area (Å²) in [5.41, 5.74) is 8.17. The van der Waals surface area contributed by atoms with E-state index in [0.717, 1.165) is 50.0 Å². The molecule has 2 N–H and O–H groups in total. The van der Waals surface area contributed by atoms with Gasteiger partial charge in [0, 0.05) is 12.6 Å². The van der Waals surface area contributed by atoms with E-state index in [1.165, 1.54) is 27.8 Å². The molecule has 180 valence electrons. The van der Waals surface area contributed by atoms with Crippen molar-refractivity contribution >= 4 is 5.91 Å². The molecule has 0 aliphatic carbocycles. The van der Waals surface area contributed by atoms with Gasteiger partial charge < -0.3 is 15.5 Å². The second-order valence-corrected chi connectivity index (χ2v) is 8.41. The smallest absolute Gasteiger partial charge is 0.251 e. The summed E-state index contributed by atoms with van der Waals surface area (Å²) in [5.74, 6) is -0.0242. The van der Waals surface area contributed by atoms with E-state index < -0.39 is 0 Å². The highest BCUT2D eigenvalue weighted by atomic mass is 16.1. The molecule has 2 aromatic carbocycles. The van der Waals surface area contributed by atoms with Gasteiger partial charge in [-0.25, -0.2) is 0 Å². The van der Waals surface area contributed by atoms with E-state index >= 15 is 0 Å². The van der Waals surface area contributed by atoms with Crippen molar-refractivity contribution in [3.05, 3.63) is 70.4 Å². The summed E-state index contributed by atoms with van der Waals surface area (Å²) in [4.78, 5) is 15.0. The molecule has 0 saturated heterocycles. The molecule has 0 saturated carbocycles. The maximum Gasteiger partial charge on any atom is 0.251 e. The highest BCUT2D eigenvalue weighted by Crippen LogP contribution is 2.35. The number of aryl methyl sites for hydroxylation is 2. The van der Waals surface area contributed by atoms with Crippen LogP contribution in [0.5, 0.6) is 0 Å². The average Bonchev–Trinajstić information content (AvgIpc) is 3.38. The van der Waals surface area contributed by atoms with Crippen LogP contribution in [-0.2, 0) is 6.42 Å². The summed E-state index contributed by atoms with van der Waals surface area (Å²) >= 11 is 0. The normalized spacial score (nSPS) is 14.6. The van der Waals surface area contributed by atoms with E-state index in [1.54, 1.807) is 7.05 Å². The van der Waals surface area contributed by atoms with Gasteiger partial charge in [-0.3, -0.25) is 4.79 Å². The number of carbonyl (C=O) groups is 1. The van der Waals surface area contributed by atoms with Gasteiger partial charge in [0.25, 0.3) is 5.91 Å². The molecule has 3 rings (SSSR count). The van der Waals surface area contributed by atoms with E-state index in [2.05, 4.69) is 73.6 Å². The van der Waals surface area contributed by atoms with Crippen LogP contribution in [0.25, 0.3) is 11.1 Å². The lowest BCUT2D eigenvalue weighted by atomic mass is 9.86. The van der Waals surface area contributed by atoms with Crippen LogP contribution in [0, 0.1) is 13.8 Å². The fourth-order valence-corrected chi connectivity index (χ4v) is 4.58. The van der Waals surface area contributed by atoms with Gasteiger partial charge >= 0.3 is 0 Å². The van der Waals surface area contributed by atoms with Gasteiger partial charge in [0.1, 0.15) is 0 Å². The molecular weight excluding hydrogens is 406 g/mol. The standard InChI is InChI=1S/C27H37N3O.C2H6/c1-6-30(7-2)17-9-10-21-14-15-23(27(31)28-5)20(4)26(21)24-18-22(13-12-19(24)3)25-11-8-16-29-25;1-2/h8,12-16,18,25,29H,6-7,9-11,17H2,1-5H3,(H,28,31);1-2H3. The summed E-state index contributed by atoms with van der Waals surface area (Å²) in [6, 6.07) is 11.2. The third-order valence-corrected chi connectivity index (χ3v) is 6.56. The van der Waals surface area contributed by atoms with E-state index in [4.69, 9.17) is 0 Å². The lowest BCUT2D eigenvalue weighted by molar-refractivity contribution is 0.0962. The lowest BCUT2D eigenvalue weighted by Gasteiger charge is -2.22. The summed E-state index contributed by atoms with van der Waals surface area (Å²) < 4.78 is 0. The Kier molecular flexibility index (Phi) is 10.7. The minimum absolute atomic E-state index is 0.0242. The Morgan fingerprint density at radius 2 is 1.85 bits per heavy atom. The molecular formula is C29H43N3O. The van der Waals surface area contributed by atoms with Crippen LogP contribution in [-0.4, -0.2) is 37.5 Å². The molecule has 1 atom stereocenters. The highest BCUT2D eigenvalue weighted by molar-refractivity contribution is 5.98. The van der Waals surface area contributed by atoms with Crippen molar-refractivity contribution < 1.29 is 4.79 Å². The van der Waals surface area contributed by atoms with Crippen molar-refractivity contribution in [2.24, 2.45) is 0 Å². The molecule has 0 bridgehead atoms. The number of amides is 1. The zero-order valence-electron chi connectivity index (χ0n) is 21.7. The number of carbonyl (C=O) groups excluding carboxylic acids is 1. The van der Waals surface area contributed by atoms with Gasteiger partial charge in [-0.2, -0.15) is 0 Å². The molecule has 1 unspecified atom stereocenters. The zero-order valence-corrected chi connectivity index (χ0v) is 21.7. The van der Waals surface area contributed by atoms with Crippen molar-refractivity contribution in [2.45, 2.75) is 66.8 Å². The Morgan fingerprint density at radius 3 is 2.45 bits per heavy atom. The topological polar surface area (TPSA) is 44.4 Å². The van der Waals surface area contributed by atoms with Crippen LogP contribution in [0.1, 0.15) is 79.2 Å². The average molecular weight is 450 g/mol. The minimum Gasteiger partial charge on any atom is -0.384 e. The number of nitrogens with zero attached hydrogens (tertiary/aromatic N) is 1. The Morgan fingerprint density at radius 1 is 1.12 bits per heavy atom. The SMILES string of the molecule is CC.CCN(CC)CCCc1ccc(C(=O)NC)c(C)c1-c1cc(C2CC=CN2)ccc1C. The van der Waals surface area contributed by atoms with Crippen molar-refractivity contribution in [3.63, 3.8) is 0 Å². The molecule has 0 aromatic heterocycles. The van der Waals surface area contributed by atoms with Gasteiger partial charge in [-0.1, -0.05) is 52.0 Å². The third kappa shape index (κ3) is 6.48. The van der Waals surface area contributed by atoms with Gasteiger partial charge in [-0.15, -0.1) is 0 Å². The first-order valence-corrected chi connectivity index (χ1v) is 12.6. The summed E-state index contributed by atoms with van der Waals surface area (Å²) in [5, 5.41) is 6.25. The first-order valence-electron chi connectivity index (χ1n) is 12.6. The van der Waals surface area contributed by atoms with Gasteiger partial charge in [0.15, 0.2) is 0 Å². The fraction of sp³-hybridized carbons (Fsp3) is 0.483. The zero-order chi connectivity index (χ0) is 24.4. The van der Waals surface area contributed by atoms with E-state index in [-0.39, 0.29) is 5.91 Å². The monoisotopic (exact) mass is 449 g/mol. The highest BCUT2D eigenvalue weighted by Gasteiger charge is 2.19. The molecule has 1 heterocycles. The summed E-state index contributed by atoms with van der Waals surface area (Å²) in [7, 11) is 1.70. The molecule has 2 aromatic rings. The molecule has 4 nitrogen and oxygen atoms in total. The Hall–Kier alpha value is -2.59. The predicted molar refractivity (Wildman–Crippen MR) is 142 cm³/mol. The predicted octanol–water partition coefficient (Wildman–Crippen LogP) is 6.18. The van der Waals surface area contributed by atoms with Crippen molar-refractivity contribution in [1.29, 1.82) is 0 Å². The van der Waals surface area contributed by atoms with Gasteiger partial charge in [-0.05, 0) is 104 Å². The van der Waals surface area contributed by atoms with Crippen LogP contribution in [0.15, 0.2) is 42.6 Å². The first kappa shape index (κ1) is 26.7. The molecule has 4 heteroatoms. The minimum atomic E-state index is -0.0242. The molecule has 33 heavy (non-hydrogen) atoms. The second-order valence-electron chi connectivity index (χ2n) is 8.41. The van der Waals surface area contributed by atoms with Crippen LogP contribution in [0.3, 0.4) is 0 Å². The number of hydrogen-bond acceptors (Lipinski definition) is 3.